The summed E-state index contributed by atoms with van der Waals surface area (Å²) >= 11 is 0. The van der Waals surface area contributed by atoms with Crippen molar-refractivity contribution < 1.29 is 19.2 Å². The van der Waals surface area contributed by atoms with Gasteiger partial charge in [-0.25, -0.2) is 0 Å². The number of methoxy groups -OCH3 is 1. The highest BCUT2D eigenvalue weighted by Gasteiger charge is 2.67. The van der Waals surface area contributed by atoms with Crippen molar-refractivity contribution in [2.45, 2.75) is 18.0 Å². The topological polar surface area (TPSA) is 114 Å². The number of anilines is 1. The molecule has 0 radical (unpaired) electrons. The molecular weight excluding hydrogens is 458 g/mol. The third-order valence-corrected chi connectivity index (χ3v) is 7.02. The van der Waals surface area contributed by atoms with Crippen molar-refractivity contribution in [1.82, 2.24) is 0 Å². The van der Waals surface area contributed by atoms with E-state index in [9.17, 15) is 25.0 Å². The predicted molar refractivity (Wildman–Crippen MR) is 132 cm³/mol. The van der Waals surface area contributed by atoms with Crippen LogP contribution >= 0.6 is 0 Å². The van der Waals surface area contributed by atoms with Crippen molar-refractivity contribution in [3.05, 3.63) is 112 Å². The number of esters is 1. The van der Waals surface area contributed by atoms with E-state index in [1.54, 1.807) is 35.2 Å². The first-order valence-corrected chi connectivity index (χ1v) is 11.3. The van der Waals surface area contributed by atoms with Gasteiger partial charge in [0.05, 0.1) is 24.1 Å². The molecule has 2 aliphatic rings. The van der Waals surface area contributed by atoms with E-state index < -0.39 is 40.1 Å². The number of Topliss-reactive ketones (excluding diaryl/α,β-unsaturated/α-hetero) is 1. The molecule has 2 aliphatic heterocycles. The largest absolute Gasteiger partial charge is 0.468 e. The number of nitrogens with zero attached hydrogens (tertiary/aromatic N) is 3. The Morgan fingerprint density at radius 3 is 2.47 bits per heavy atom. The maximum Gasteiger partial charge on any atom is 0.329 e. The first-order chi connectivity index (χ1) is 17.4. The third kappa shape index (κ3) is 3.28. The molecule has 0 aromatic heterocycles. The molecule has 0 amide bonds. The summed E-state index contributed by atoms with van der Waals surface area (Å²) in [6.07, 6.45) is 3.60. The van der Waals surface area contributed by atoms with Crippen LogP contribution in [0.15, 0.2) is 84.9 Å². The number of carbonyl (C=O) groups is 2. The Labute approximate surface area is 207 Å². The number of para-hydroxylation sites is 1. The van der Waals surface area contributed by atoms with Crippen molar-refractivity contribution in [2.24, 2.45) is 5.41 Å². The number of benzene rings is 3. The van der Waals surface area contributed by atoms with E-state index in [4.69, 9.17) is 4.74 Å². The molecule has 178 valence electrons. The van der Waals surface area contributed by atoms with Crippen molar-refractivity contribution in [3.8, 4) is 6.07 Å². The Kier molecular flexibility index (Phi) is 5.61. The zero-order valence-electron chi connectivity index (χ0n) is 19.3. The van der Waals surface area contributed by atoms with Crippen LogP contribution in [0.5, 0.6) is 0 Å². The summed E-state index contributed by atoms with van der Waals surface area (Å²) < 4.78 is 5.18. The smallest absolute Gasteiger partial charge is 0.329 e. The first-order valence-electron chi connectivity index (χ1n) is 11.3. The van der Waals surface area contributed by atoms with Crippen LogP contribution in [0.3, 0.4) is 0 Å². The number of ether oxygens (including phenoxy) is 1. The van der Waals surface area contributed by atoms with Gasteiger partial charge in [-0.2, -0.15) is 5.26 Å². The van der Waals surface area contributed by atoms with Crippen LogP contribution in [-0.4, -0.2) is 35.9 Å². The maximum absolute atomic E-state index is 14.2. The molecule has 5 rings (SSSR count). The summed E-state index contributed by atoms with van der Waals surface area (Å²) in [5.41, 5.74) is 0.297. The number of nitro benzene ring substituents is 1. The fourth-order valence-electron chi connectivity index (χ4n) is 5.51. The average Bonchev–Trinajstić information content (AvgIpc) is 3.24. The predicted octanol–water partition coefficient (Wildman–Crippen LogP) is 4.53. The molecule has 0 unspecified atom stereocenters. The molecular formula is C28H21N3O5. The van der Waals surface area contributed by atoms with Gasteiger partial charge >= 0.3 is 5.97 Å². The molecule has 8 nitrogen and oxygen atoms in total. The Morgan fingerprint density at radius 2 is 1.78 bits per heavy atom. The van der Waals surface area contributed by atoms with Gasteiger partial charge in [-0.3, -0.25) is 19.7 Å². The van der Waals surface area contributed by atoms with E-state index in [-0.39, 0.29) is 11.3 Å². The number of carbonyl (C=O) groups excluding carboxylic acids is 2. The van der Waals surface area contributed by atoms with Gasteiger partial charge in [0.25, 0.3) is 5.69 Å². The van der Waals surface area contributed by atoms with E-state index in [0.717, 1.165) is 5.56 Å². The number of hydrogen-bond acceptors (Lipinski definition) is 7. The Hall–Kier alpha value is -4.77. The highest BCUT2D eigenvalue weighted by Crippen LogP contribution is 2.56. The summed E-state index contributed by atoms with van der Waals surface area (Å²) in [7, 11) is 1.23. The second-order valence-corrected chi connectivity index (χ2v) is 8.75. The zero-order valence-corrected chi connectivity index (χ0v) is 19.3. The second-order valence-electron chi connectivity index (χ2n) is 8.75. The number of non-ortho nitro benzene ring substituents is 1. The summed E-state index contributed by atoms with van der Waals surface area (Å²) in [5, 5.41) is 22.0. The highest BCUT2D eigenvalue weighted by atomic mass is 16.6. The molecule has 1 saturated heterocycles. The summed E-state index contributed by atoms with van der Waals surface area (Å²) in [5.74, 6) is -2.08. The standard InChI is InChI=1S/C28H21N3O5/c1-36-27(33)28(17-29)23-15-14-18-8-5-6-13-22(18)30(23)25(24(28)19-9-3-2-4-10-19)26(32)20-11-7-12-21(16-20)31(34)35/h2-16,23-25H,1H3/t23-,24-,25+,28-/m1/s1. The van der Waals surface area contributed by atoms with Crippen LogP contribution < -0.4 is 4.90 Å². The lowest BCUT2D eigenvalue weighted by atomic mass is 9.68. The molecule has 0 spiro atoms. The van der Waals surface area contributed by atoms with Gasteiger partial charge in [0, 0.05) is 29.3 Å². The van der Waals surface area contributed by atoms with E-state index in [0.29, 0.717) is 11.3 Å². The normalized spacial score (nSPS) is 23.8. The molecule has 8 heteroatoms. The summed E-state index contributed by atoms with van der Waals surface area (Å²) in [6, 6.07) is 22.3. The lowest BCUT2D eigenvalue weighted by Gasteiger charge is -2.36. The van der Waals surface area contributed by atoms with E-state index >= 15 is 0 Å². The van der Waals surface area contributed by atoms with Crippen molar-refractivity contribution in [2.75, 3.05) is 12.0 Å². The molecule has 36 heavy (non-hydrogen) atoms. The van der Waals surface area contributed by atoms with Crippen LogP contribution in [0, 0.1) is 26.9 Å². The quantitative estimate of drug-likeness (QED) is 0.229. The fraction of sp³-hybridized carbons (Fsp3) is 0.179. The summed E-state index contributed by atoms with van der Waals surface area (Å²) in [6.45, 7) is 0. The Bertz CT molecular complexity index is 1440. The second kappa shape index (κ2) is 8.78. The number of nitro groups is 1. The lowest BCUT2D eigenvalue weighted by Crippen LogP contribution is -2.46. The van der Waals surface area contributed by atoms with Crippen LogP contribution in [0.1, 0.15) is 27.4 Å². The molecule has 4 atom stereocenters. The van der Waals surface area contributed by atoms with Gasteiger partial charge in [0.1, 0.15) is 6.04 Å². The highest BCUT2D eigenvalue weighted by molar-refractivity contribution is 6.06. The van der Waals surface area contributed by atoms with Gasteiger partial charge in [-0.15, -0.1) is 0 Å². The Balaban J connectivity index is 1.80. The molecule has 0 N–H and O–H groups in total. The van der Waals surface area contributed by atoms with Gasteiger partial charge in [0.2, 0.25) is 0 Å². The first kappa shape index (κ1) is 23.0. The number of hydrogen-bond donors (Lipinski definition) is 0. The van der Waals surface area contributed by atoms with Crippen LogP contribution in [0.25, 0.3) is 6.08 Å². The number of ketones is 1. The van der Waals surface area contributed by atoms with Crippen LogP contribution in [-0.2, 0) is 9.53 Å². The average molecular weight is 479 g/mol. The minimum atomic E-state index is -1.75. The molecule has 2 heterocycles. The SMILES string of the molecule is COC(=O)[C@@]1(C#N)[C@H](c2ccccc2)[C@@H](C(=O)c2cccc([N+](=O)[O-])c2)N2c3ccccc3C=C[C@@H]21. The summed E-state index contributed by atoms with van der Waals surface area (Å²) in [4.78, 5) is 40.4. The molecule has 0 saturated carbocycles. The van der Waals surface area contributed by atoms with Gasteiger partial charge in [-0.05, 0) is 17.2 Å². The molecule has 0 aliphatic carbocycles. The fourth-order valence-corrected chi connectivity index (χ4v) is 5.51. The number of rotatable bonds is 5. The van der Waals surface area contributed by atoms with E-state index in [1.807, 2.05) is 36.4 Å². The minimum Gasteiger partial charge on any atom is -0.468 e. The molecule has 0 bridgehead atoms. The number of fused-ring (bicyclic) bond motifs is 3. The van der Waals surface area contributed by atoms with Crippen LogP contribution in [0.4, 0.5) is 11.4 Å². The van der Waals surface area contributed by atoms with Gasteiger partial charge in [0.15, 0.2) is 11.2 Å². The zero-order chi connectivity index (χ0) is 25.4. The maximum atomic E-state index is 14.2. The third-order valence-electron chi connectivity index (χ3n) is 7.02. The lowest BCUT2D eigenvalue weighted by molar-refractivity contribution is -0.384. The van der Waals surface area contributed by atoms with Crippen molar-refractivity contribution in [1.29, 1.82) is 5.26 Å². The Morgan fingerprint density at radius 1 is 1.06 bits per heavy atom. The van der Waals surface area contributed by atoms with E-state index in [1.165, 1.54) is 31.4 Å². The van der Waals surface area contributed by atoms with Gasteiger partial charge < -0.3 is 9.64 Å². The monoisotopic (exact) mass is 479 g/mol. The van der Waals surface area contributed by atoms with Crippen molar-refractivity contribution in [3.63, 3.8) is 0 Å². The molecule has 3 aromatic rings. The van der Waals surface area contributed by atoms with E-state index in [2.05, 4.69) is 6.07 Å². The number of nitriles is 1. The van der Waals surface area contributed by atoms with Crippen LogP contribution in [0.2, 0.25) is 0 Å². The molecule has 1 fully saturated rings. The van der Waals surface area contributed by atoms with Crippen molar-refractivity contribution >= 4 is 29.2 Å². The minimum absolute atomic E-state index is 0.125. The van der Waals surface area contributed by atoms with Gasteiger partial charge in [-0.1, -0.05) is 72.8 Å². The molecule has 3 aromatic carbocycles.